The molecule has 0 unspecified atom stereocenters. The van der Waals surface area contributed by atoms with Crippen molar-refractivity contribution in [1.29, 1.82) is 0 Å². The molecule has 4 aromatic rings. The van der Waals surface area contributed by atoms with Gasteiger partial charge in [0.25, 0.3) is 11.8 Å². The lowest BCUT2D eigenvalue weighted by Crippen LogP contribution is -2.41. The Balaban J connectivity index is 1.49. The van der Waals surface area contributed by atoms with Crippen LogP contribution in [-0.2, 0) is 19.6 Å². The third-order valence-electron chi connectivity index (χ3n) is 6.76. The topological polar surface area (TPSA) is 94.8 Å². The third-order valence-corrected chi connectivity index (χ3v) is 8.00. The van der Waals surface area contributed by atoms with Gasteiger partial charge in [0.1, 0.15) is 5.69 Å². The van der Waals surface area contributed by atoms with E-state index in [-0.39, 0.29) is 36.9 Å². The Morgan fingerprint density at radius 3 is 2.42 bits per heavy atom. The maximum Gasteiger partial charge on any atom is 0.333 e. The number of ether oxygens (including phenoxy) is 2. The average molecular weight is 626 g/mol. The molecule has 2 amide bonds. The van der Waals surface area contributed by atoms with Crippen LogP contribution >= 0.6 is 27.5 Å². The second-order valence-electron chi connectivity index (χ2n) is 9.13. The number of benzene rings is 3. The number of carbonyl (C=O) groups is 2. The van der Waals surface area contributed by atoms with Crippen LogP contribution in [0, 0.1) is 0 Å². The molecule has 9 nitrogen and oxygen atoms in total. The van der Waals surface area contributed by atoms with Crippen molar-refractivity contribution in [3.8, 4) is 17.2 Å². The number of halogens is 2. The minimum Gasteiger partial charge on any atom is -0.493 e. The Morgan fingerprint density at radius 1 is 0.975 bits per heavy atom. The van der Waals surface area contributed by atoms with E-state index in [4.69, 9.17) is 21.1 Å². The first-order valence-corrected chi connectivity index (χ1v) is 13.6. The van der Waals surface area contributed by atoms with Gasteiger partial charge in [-0.3, -0.25) is 18.7 Å². The summed E-state index contributed by atoms with van der Waals surface area (Å²) >= 11 is 9.57. The number of rotatable bonds is 7. The van der Waals surface area contributed by atoms with Crippen molar-refractivity contribution in [2.24, 2.45) is 0 Å². The molecular formula is C29H26BrClN4O5. The number of carbonyl (C=O) groups excluding carboxylic acids is 2. The Hall–Kier alpha value is -4.02. The number of hydrogen-bond donors (Lipinski definition) is 1. The highest BCUT2D eigenvalue weighted by Crippen LogP contribution is 2.28. The Morgan fingerprint density at radius 2 is 1.73 bits per heavy atom. The summed E-state index contributed by atoms with van der Waals surface area (Å²) in [4.78, 5) is 42.3. The van der Waals surface area contributed by atoms with Gasteiger partial charge in [0, 0.05) is 29.7 Å². The van der Waals surface area contributed by atoms with Crippen LogP contribution in [0.15, 0.2) is 76.0 Å². The van der Waals surface area contributed by atoms with Crippen LogP contribution in [-0.4, -0.2) is 46.6 Å². The van der Waals surface area contributed by atoms with Crippen LogP contribution in [0.5, 0.6) is 11.5 Å². The maximum absolute atomic E-state index is 13.7. The molecule has 0 fully saturated rings. The summed E-state index contributed by atoms with van der Waals surface area (Å²) in [6, 6.07) is 19.3. The minimum absolute atomic E-state index is 0.0840. The van der Waals surface area contributed by atoms with Crippen molar-refractivity contribution in [2.45, 2.75) is 19.6 Å². The van der Waals surface area contributed by atoms with E-state index in [9.17, 15) is 14.4 Å². The number of para-hydroxylation sites is 1. The zero-order valence-corrected chi connectivity index (χ0v) is 24.2. The predicted octanol–water partition coefficient (Wildman–Crippen LogP) is 4.66. The molecule has 0 atom stereocenters. The number of amides is 2. The summed E-state index contributed by atoms with van der Waals surface area (Å²) in [5.41, 5.74) is 2.08. The van der Waals surface area contributed by atoms with Crippen LogP contribution in [0.1, 0.15) is 32.1 Å². The molecule has 1 aromatic heterocycles. The second-order valence-corrected chi connectivity index (χ2v) is 10.4. The number of imidazole rings is 1. The van der Waals surface area contributed by atoms with Crippen LogP contribution in [0.25, 0.3) is 5.69 Å². The molecule has 1 aliphatic heterocycles. The normalized spacial score (nSPS) is 12.6. The zero-order chi connectivity index (χ0) is 28.4. The quantitative estimate of drug-likeness (QED) is 0.323. The molecule has 0 radical (unpaired) electrons. The molecule has 3 aromatic carbocycles. The van der Waals surface area contributed by atoms with E-state index in [2.05, 4.69) is 21.2 Å². The molecule has 1 aliphatic rings. The lowest BCUT2D eigenvalue weighted by atomic mass is 10.1. The van der Waals surface area contributed by atoms with Gasteiger partial charge in [-0.05, 0) is 64.0 Å². The molecule has 2 heterocycles. The molecule has 0 spiro atoms. The lowest BCUT2D eigenvalue weighted by Gasteiger charge is -2.28. The summed E-state index contributed by atoms with van der Waals surface area (Å²) in [7, 11) is 3.10. The van der Waals surface area contributed by atoms with Gasteiger partial charge in [0.05, 0.1) is 37.2 Å². The molecule has 0 saturated heterocycles. The zero-order valence-electron chi connectivity index (χ0n) is 21.8. The summed E-state index contributed by atoms with van der Waals surface area (Å²) in [5.74, 6) is 0.440. The number of nitrogens with zero attached hydrogens (tertiary/aromatic N) is 3. The fourth-order valence-electron chi connectivity index (χ4n) is 4.75. The fourth-order valence-corrected chi connectivity index (χ4v) is 5.18. The molecule has 0 bridgehead atoms. The standard InChI is InChI=1S/C29H26BrClN4O5/c1-39-24-11-8-18(14-25(24)40-2)16-32-27(36)26-23-17-33(28(37)19-9-10-21(30)22(31)15-19)12-13-34(23)29(38)35(26)20-6-4-3-5-7-20/h3-11,14-15H,12-13,16-17H2,1-2H3,(H,32,36). The smallest absolute Gasteiger partial charge is 0.333 e. The van der Waals surface area contributed by atoms with E-state index in [0.29, 0.717) is 44.5 Å². The van der Waals surface area contributed by atoms with Crippen molar-refractivity contribution < 1.29 is 19.1 Å². The van der Waals surface area contributed by atoms with Crippen LogP contribution in [0.4, 0.5) is 0 Å². The second kappa shape index (κ2) is 11.6. The van der Waals surface area contributed by atoms with E-state index >= 15 is 0 Å². The van der Waals surface area contributed by atoms with E-state index in [0.717, 1.165) is 5.56 Å². The van der Waals surface area contributed by atoms with Crippen LogP contribution in [0.2, 0.25) is 5.02 Å². The number of methoxy groups -OCH3 is 2. The Kier molecular flexibility index (Phi) is 7.99. The molecule has 11 heteroatoms. The first kappa shape index (κ1) is 27.5. The highest BCUT2D eigenvalue weighted by Gasteiger charge is 2.32. The van der Waals surface area contributed by atoms with Crippen molar-refractivity contribution in [3.05, 3.63) is 109 Å². The lowest BCUT2D eigenvalue weighted by molar-refractivity contribution is 0.0706. The average Bonchev–Trinajstić information content (AvgIpc) is 3.28. The van der Waals surface area contributed by atoms with Gasteiger partial charge in [-0.2, -0.15) is 0 Å². The first-order chi connectivity index (χ1) is 19.3. The van der Waals surface area contributed by atoms with E-state index in [1.54, 1.807) is 78.3 Å². The van der Waals surface area contributed by atoms with Gasteiger partial charge >= 0.3 is 5.69 Å². The first-order valence-electron chi connectivity index (χ1n) is 12.5. The van der Waals surface area contributed by atoms with E-state index in [1.807, 2.05) is 12.1 Å². The largest absolute Gasteiger partial charge is 0.493 e. The predicted molar refractivity (Wildman–Crippen MR) is 155 cm³/mol. The molecular weight excluding hydrogens is 600 g/mol. The van der Waals surface area contributed by atoms with Crippen molar-refractivity contribution >= 4 is 39.3 Å². The summed E-state index contributed by atoms with van der Waals surface area (Å²) < 4.78 is 14.3. The maximum atomic E-state index is 13.7. The molecule has 40 heavy (non-hydrogen) atoms. The fraction of sp³-hybridized carbons (Fsp3) is 0.207. The molecule has 1 N–H and O–H groups in total. The van der Waals surface area contributed by atoms with Crippen molar-refractivity contribution in [3.63, 3.8) is 0 Å². The van der Waals surface area contributed by atoms with E-state index < -0.39 is 5.91 Å². The molecule has 206 valence electrons. The number of aromatic nitrogens is 2. The van der Waals surface area contributed by atoms with E-state index in [1.165, 1.54) is 4.57 Å². The Labute approximate surface area is 244 Å². The number of fused-ring (bicyclic) bond motifs is 1. The van der Waals surface area contributed by atoms with Gasteiger partial charge in [-0.15, -0.1) is 0 Å². The summed E-state index contributed by atoms with van der Waals surface area (Å²) in [5, 5.41) is 3.35. The van der Waals surface area contributed by atoms with Gasteiger partial charge in [0.15, 0.2) is 11.5 Å². The van der Waals surface area contributed by atoms with Crippen LogP contribution in [0.3, 0.4) is 0 Å². The minimum atomic E-state index is -0.439. The SMILES string of the molecule is COc1ccc(CNC(=O)c2c3n(c(=O)n2-c2ccccc2)CCN(C(=O)c2ccc(Br)c(Cl)c2)C3)cc1OC. The van der Waals surface area contributed by atoms with Gasteiger partial charge < -0.3 is 19.7 Å². The summed E-state index contributed by atoms with van der Waals surface area (Å²) in [6.45, 7) is 0.832. The molecule has 0 aliphatic carbocycles. The molecule has 5 rings (SSSR count). The monoisotopic (exact) mass is 624 g/mol. The number of nitrogens with one attached hydrogen (secondary N) is 1. The van der Waals surface area contributed by atoms with Crippen molar-refractivity contribution in [2.75, 3.05) is 20.8 Å². The highest BCUT2D eigenvalue weighted by atomic mass is 79.9. The van der Waals surface area contributed by atoms with Gasteiger partial charge in [-0.1, -0.05) is 35.9 Å². The van der Waals surface area contributed by atoms with Gasteiger partial charge in [0.2, 0.25) is 0 Å². The van der Waals surface area contributed by atoms with Crippen LogP contribution < -0.4 is 20.5 Å². The Bertz CT molecular complexity index is 1650. The third kappa shape index (κ3) is 5.24. The van der Waals surface area contributed by atoms with Crippen molar-refractivity contribution in [1.82, 2.24) is 19.4 Å². The number of hydrogen-bond acceptors (Lipinski definition) is 5. The molecule has 0 saturated carbocycles. The summed E-state index contributed by atoms with van der Waals surface area (Å²) in [6.07, 6.45) is 0. The van der Waals surface area contributed by atoms with Gasteiger partial charge in [-0.25, -0.2) is 4.79 Å². The highest BCUT2D eigenvalue weighted by molar-refractivity contribution is 9.10.